The molecule has 1 aromatic carbocycles. The fraction of sp³-hybridized carbons (Fsp3) is 0.350. The Labute approximate surface area is 170 Å². The Balaban J connectivity index is 1.62. The van der Waals surface area contributed by atoms with Gasteiger partial charge in [0.1, 0.15) is 34.9 Å². The highest BCUT2D eigenvalue weighted by molar-refractivity contribution is 6.09. The molecule has 2 amide bonds. The second-order valence-electron chi connectivity index (χ2n) is 7.25. The number of carbonyl (C=O) groups excluding carboxylic acids is 2. The number of aryl methyl sites for hydroxylation is 2. The summed E-state index contributed by atoms with van der Waals surface area (Å²) < 4.78 is 31.8. The van der Waals surface area contributed by atoms with Gasteiger partial charge in [-0.15, -0.1) is 0 Å². The molecule has 1 atom stereocenters. The molecule has 0 saturated carbocycles. The largest absolute Gasteiger partial charge is 0.487 e. The maximum Gasteiger partial charge on any atom is 0.256 e. The lowest BCUT2D eigenvalue weighted by atomic mass is 9.97. The van der Waals surface area contributed by atoms with Gasteiger partial charge in [0.15, 0.2) is 5.82 Å². The van der Waals surface area contributed by atoms with Crippen LogP contribution in [0.5, 0.6) is 5.75 Å². The molecule has 3 aromatic rings. The smallest absolute Gasteiger partial charge is 0.256 e. The molecule has 1 saturated heterocycles. The molecular weight excluding hydrogens is 395 g/mol. The van der Waals surface area contributed by atoms with E-state index in [0.29, 0.717) is 41.2 Å². The number of hydrogen-bond donors (Lipinski definition) is 2. The van der Waals surface area contributed by atoms with Gasteiger partial charge >= 0.3 is 0 Å². The summed E-state index contributed by atoms with van der Waals surface area (Å²) in [7, 11) is 1.62. The molecule has 158 valence electrons. The number of benzene rings is 1. The fourth-order valence-corrected chi connectivity index (χ4v) is 3.52. The maximum atomic E-state index is 13.8. The van der Waals surface area contributed by atoms with E-state index in [2.05, 4.69) is 10.4 Å². The standard InChI is InChI=1S/C20H21FN4O5/c1-11-17(18(26)24-20(19(22)27)5-6-28-10-20)13-7-12(3-4-16(13)30-11)29-9-15-14(21)8-23-25(15)2/h3-4,7-8H,5-6,9-10H2,1-2H3,(H2,22,27)(H,24,26). The third-order valence-electron chi connectivity index (χ3n) is 5.29. The first-order valence-electron chi connectivity index (χ1n) is 9.33. The molecule has 3 heterocycles. The summed E-state index contributed by atoms with van der Waals surface area (Å²) >= 11 is 0. The van der Waals surface area contributed by atoms with Crippen molar-refractivity contribution in [2.75, 3.05) is 13.2 Å². The van der Waals surface area contributed by atoms with Crippen LogP contribution >= 0.6 is 0 Å². The van der Waals surface area contributed by atoms with Crippen molar-refractivity contribution in [2.24, 2.45) is 12.8 Å². The number of rotatable bonds is 6. The van der Waals surface area contributed by atoms with E-state index >= 15 is 0 Å². The lowest BCUT2D eigenvalue weighted by Gasteiger charge is -2.24. The Kier molecular flexibility index (Phi) is 4.94. The number of ether oxygens (including phenoxy) is 2. The Morgan fingerprint density at radius 2 is 2.23 bits per heavy atom. The molecule has 1 aliphatic heterocycles. The molecular formula is C20H21FN4O5. The quantitative estimate of drug-likeness (QED) is 0.629. The summed E-state index contributed by atoms with van der Waals surface area (Å²) in [6, 6.07) is 4.96. The molecule has 1 aliphatic rings. The first-order valence-corrected chi connectivity index (χ1v) is 9.33. The average Bonchev–Trinajstić information content (AvgIpc) is 3.38. The average molecular weight is 416 g/mol. The van der Waals surface area contributed by atoms with Gasteiger partial charge in [0, 0.05) is 25.5 Å². The molecule has 0 bridgehead atoms. The van der Waals surface area contributed by atoms with E-state index in [0.717, 1.165) is 6.20 Å². The molecule has 30 heavy (non-hydrogen) atoms. The molecule has 2 aromatic heterocycles. The number of fused-ring (bicyclic) bond motifs is 1. The number of nitrogens with zero attached hydrogens (tertiary/aromatic N) is 2. The Morgan fingerprint density at radius 3 is 2.87 bits per heavy atom. The first kappa shape index (κ1) is 19.9. The van der Waals surface area contributed by atoms with Crippen molar-refractivity contribution < 1.29 is 27.9 Å². The zero-order valence-corrected chi connectivity index (χ0v) is 16.5. The van der Waals surface area contributed by atoms with Crippen LogP contribution in [0.2, 0.25) is 0 Å². The summed E-state index contributed by atoms with van der Waals surface area (Å²) in [5, 5.41) is 7.06. The fourth-order valence-electron chi connectivity index (χ4n) is 3.52. The zero-order valence-electron chi connectivity index (χ0n) is 16.5. The Morgan fingerprint density at radius 1 is 1.43 bits per heavy atom. The number of carbonyl (C=O) groups is 2. The minimum absolute atomic E-state index is 0.0214. The number of aromatic nitrogens is 2. The van der Waals surface area contributed by atoms with E-state index < -0.39 is 23.2 Å². The number of amides is 2. The minimum atomic E-state index is -1.25. The Hall–Kier alpha value is -3.40. The number of nitrogens with one attached hydrogen (secondary N) is 1. The van der Waals surface area contributed by atoms with Gasteiger partial charge in [0.05, 0.1) is 18.4 Å². The van der Waals surface area contributed by atoms with Crippen LogP contribution in [0.25, 0.3) is 11.0 Å². The topological polar surface area (TPSA) is 122 Å². The molecule has 0 aliphatic carbocycles. The monoisotopic (exact) mass is 416 g/mol. The van der Waals surface area contributed by atoms with Gasteiger partial charge < -0.3 is 24.9 Å². The van der Waals surface area contributed by atoms with E-state index in [1.54, 1.807) is 32.2 Å². The second kappa shape index (κ2) is 7.45. The highest BCUT2D eigenvalue weighted by Crippen LogP contribution is 2.30. The lowest BCUT2D eigenvalue weighted by molar-refractivity contribution is -0.124. The van der Waals surface area contributed by atoms with Gasteiger partial charge in [0.2, 0.25) is 5.91 Å². The van der Waals surface area contributed by atoms with Gasteiger partial charge in [-0.2, -0.15) is 5.10 Å². The second-order valence-corrected chi connectivity index (χ2v) is 7.25. The van der Waals surface area contributed by atoms with Crippen LogP contribution in [0, 0.1) is 12.7 Å². The zero-order chi connectivity index (χ0) is 21.5. The number of halogens is 1. The summed E-state index contributed by atoms with van der Waals surface area (Å²) in [5.41, 5.74) is 5.30. The molecule has 10 heteroatoms. The van der Waals surface area contributed by atoms with Gasteiger partial charge in [-0.25, -0.2) is 4.39 Å². The van der Waals surface area contributed by atoms with Gasteiger partial charge in [-0.3, -0.25) is 14.3 Å². The van der Waals surface area contributed by atoms with Crippen LogP contribution in [-0.4, -0.2) is 40.3 Å². The number of primary amides is 1. The van der Waals surface area contributed by atoms with E-state index in [9.17, 15) is 14.0 Å². The number of nitrogens with two attached hydrogens (primary N) is 1. The molecule has 1 fully saturated rings. The minimum Gasteiger partial charge on any atom is -0.487 e. The van der Waals surface area contributed by atoms with Crippen LogP contribution in [0.3, 0.4) is 0 Å². The van der Waals surface area contributed by atoms with Crippen LogP contribution < -0.4 is 15.8 Å². The SMILES string of the molecule is Cc1oc2ccc(OCc3c(F)cnn3C)cc2c1C(=O)NC1(C(N)=O)CCOC1. The van der Waals surface area contributed by atoms with Crippen LogP contribution in [0.15, 0.2) is 28.8 Å². The molecule has 0 radical (unpaired) electrons. The normalized spacial score (nSPS) is 18.6. The van der Waals surface area contributed by atoms with Gasteiger partial charge in [-0.05, 0) is 25.1 Å². The summed E-state index contributed by atoms with van der Waals surface area (Å²) in [6.45, 7) is 1.97. The van der Waals surface area contributed by atoms with Crippen molar-refractivity contribution in [3.63, 3.8) is 0 Å². The van der Waals surface area contributed by atoms with E-state index in [-0.39, 0.29) is 18.8 Å². The van der Waals surface area contributed by atoms with Crippen molar-refractivity contribution in [1.29, 1.82) is 0 Å². The van der Waals surface area contributed by atoms with Crippen molar-refractivity contribution in [2.45, 2.75) is 25.5 Å². The van der Waals surface area contributed by atoms with Crippen LogP contribution in [0.4, 0.5) is 4.39 Å². The molecule has 3 N–H and O–H groups in total. The first-order chi connectivity index (χ1) is 14.3. The number of hydrogen-bond acceptors (Lipinski definition) is 6. The number of furan rings is 1. The third-order valence-corrected chi connectivity index (χ3v) is 5.29. The highest BCUT2D eigenvalue weighted by Gasteiger charge is 2.43. The predicted molar refractivity (Wildman–Crippen MR) is 103 cm³/mol. The van der Waals surface area contributed by atoms with Crippen molar-refractivity contribution in [3.8, 4) is 5.75 Å². The molecule has 0 spiro atoms. The van der Waals surface area contributed by atoms with E-state index in [1.807, 2.05) is 0 Å². The van der Waals surface area contributed by atoms with Gasteiger partial charge in [-0.1, -0.05) is 0 Å². The summed E-state index contributed by atoms with van der Waals surface area (Å²) in [4.78, 5) is 24.9. The Bertz CT molecular complexity index is 1110. The molecule has 9 nitrogen and oxygen atoms in total. The highest BCUT2D eigenvalue weighted by atomic mass is 19.1. The lowest BCUT2D eigenvalue weighted by Crippen LogP contribution is -2.58. The van der Waals surface area contributed by atoms with Crippen LogP contribution in [0.1, 0.15) is 28.2 Å². The van der Waals surface area contributed by atoms with E-state index in [4.69, 9.17) is 19.6 Å². The summed E-state index contributed by atoms with van der Waals surface area (Å²) in [5.74, 6) is -0.803. The van der Waals surface area contributed by atoms with Crippen molar-refractivity contribution in [3.05, 3.63) is 47.2 Å². The predicted octanol–water partition coefficient (Wildman–Crippen LogP) is 1.57. The van der Waals surface area contributed by atoms with Crippen molar-refractivity contribution >= 4 is 22.8 Å². The van der Waals surface area contributed by atoms with Crippen LogP contribution in [-0.2, 0) is 23.2 Å². The molecule has 4 rings (SSSR count). The molecule has 1 unspecified atom stereocenters. The summed E-state index contributed by atoms with van der Waals surface area (Å²) in [6.07, 6.45) is 1.42. The maximum absolute atomic E-state index is 13.8. The van der Waals surface area contributed by atoms with Gasteiger partial charge in [0.25, 0.3) is 5.91 Å². The third kappa shape index (κ3) is 3.39. The van der Waals surface area contributed by atoms with Crippen molar-refractivity contribution in [1.82, 2.24) is 15.1 Å². The van der Waals surface area contributed by atoms with E-state index in [1.165, 1.54) is 4.68 Å².